The molecular weight excluding hydrogens is 426 g/mol. The van der Waals surface area contributed by atoms with Gasteiger partial charge in [-0.2, -0.15) is 6.07 Å². The Morgan fingerprint density at radius 3 is 2.40 bits per heavy atom. The van der Waals surface area contributed by atoms with Crippen LogP contribution >= 0.6 is 17.0 Å². The first-order chi connectivity index (χ1) is 12.0. The van der Waals surface area contributed by atoms with Gasteiger partial charge in [-0.3, -0.25) is 0 Å². The van der Waals surface area contributed by atoms with Gasteiger partial charge in [0.1, 0.15) is 0 Å². The predicted octanol–water partition coefficient (Wildman–Crippen LogP) is 7.99. The first-order valence-corrected chi connectivity index (χ1v) is 15.1. The molecule has 0 unspecified atom stereocenters. The number of rotatable bonds is 4. The fraction of sp³-hybridized carbons (Fsp3) is 0.318. The zero-order valence-corrected chi connectivity index (χ0v) is 19.3. The molecule has 3 aromatic carbocycles. The molecule has 0 aliphatic rings. The molecule has 0 N–H and O–H groups in total. The van der Waals surface area contributed by atoms with Crippen molar-refractivity contribution in [3.8, 4) is 11.1 Å². The van der Waals surface area contributed by atoms with Crippen LogP contribution in [-0.2, 0) is 27.3 Å². The number of halogens is 2. The van der Waals surface area contributed by atoms with Gasteiger partial charge in [-0.1, -0.05) is 62.6 Å². The van der Waals surface area contributed by atoms with Crippen LogP contribution in [0, 0.1) is 6.92 Å². The maximum atomic E-state index is 4.93. The van der Waals surface area contributed by atoms with Gasteiger partial charge in [-0.25, -0.2) is 0 Å². The summed E-state index contributed by atoms with van der Waals surface area (Å²) in [7, 11) is 9.87. The molecule has 0 nitrogen and oxygen atoms in total. The Labute approximate surface area is 170 Å². The van der Waals surface area contributed by atoms with Gasteiger partial charge in [0, 0.05) is 0 Å². The molecular formula is C22H25Cl2Zr-. The van der Waals surface area contributed by atoms with Crippen molar-refractivity contribution in [2.75, 3.05) is 0 Å². The molecule has 0 saturated carbocycles. The predicted molar refractivity (Wildman–Crippen MR) is 110 cm³/mol. The second kappa shape index (κ2) is 10.0. The van der Waals surface area contributed by atoms with Crippen molar-refractivity contribution in [3.63, 3.8) is 0 Å². The van der Waals surface area contributed by atoms with Crippen molar-refractivity contribution in [1.82, 2.24) is 0 Å². The van der Waals surface area contributed by atoms with Crippen LogP contribution in [0.15, 0.2) is 48.5 Å². The molecule has 0 fully saturated rings. The SMILES string of the molecule is CCCc1cc2c(-c3ccccc3C(C)C)c(C)ccc2[cH-]1.[Cl][Zr][Cl]. The fourth-order valence-electron chi connectivity index (χ4n) is 3.47. The Balaban J connectivity index is 0.000000701. The second-order valence-corrected chi connectivity index (χ2v) is 10.4. The molecule has 0 atom stereocenters. The van der Waals surface area contributed by atoms with Crippen LogP contribution < -0.4 is 0 Å². The van der Waals surface area contributed by atoms with Crippen LogP contribution in [0.5, 0.6) is 0 Å². The van der Waals surface area contributed by atoms with Gasteiger partial charge < -0.3 is 0 Å². The van der Waals surface area contributed by atoms with E-state index >= 15 is 0 Å². The Morgan fingerprint density at radius 1 is 1.08 bits per heavy atom. The molecule has 3 rings (SSSR count). The molecule has 0 aliphatic heterocycles. The third-order valence-corrected chi connectivity index (χ3v) is 4.55. The quantitative estimate of drug-likeness (QED) is 0.353. The zero-order valence-electron chi connectivity index (χ0n) is 15.4. The Hall–Kier alpha value is -0.487. The number of aryl methyl sites for hydroxylation is 2. The Morgan fingerprint density at radius 2 is 1.76 bits per heavy atom. The molecule has 0 radical (unpaired) electrons. The van der Waals surface area contributed by atoms with E-state index in [1.807, 2.05) is 0 Å². The molecule has 3 aromatic rings. The van der Waals surface area contributed by atoms with Crippen molar-refractivity contribution >= 4 is 27.8 Å². The van der Waals surface area contributed by atoms with E-state index in [-0.39, 0.29) is 0 Å². The first-order valence-electron chi connectivity index (χ1n) is 8.77. The van der Waals surface area contributed by atoms with Crippen molar-refractivity contribution in [2.45, 2.75) is 46.5 Å². The van der Waals surface area contributed by atoms with E-state index in [9.17, 15) is 0 Å². The summed E-state index contributed by atoms with van der Waals surface area (Å²) in [6.07, 6.45) is 2.37. The van der Waals surface area contributed by atoms with Gasteiger partial charge >= 0.3 is 37.9 Å². The van der Waals surface area contributed by atoms with Crippen LogP contribution in [0.1, 0.15) is 49.8 Å². The van der Waals surface area contributed by atoms with Crippen LogP contribution in [0.2, 0.25) is 0 Å². The van der Waals surface area contributed by atoms with E-state index in [1.54, 1.807) is 0 Å². The van der Waals surface area contributed by atoms with Crippen LogP contribution in [0.4, 0.5) is 0 Å². The van der Waals surface area contributed by atoms with Crippen LogP contribution in [0.3, 0.4) is 0 Å². The average Bonchev–Trinajstić information content (AvgIpc) is 2.98. The molecule has 0 saturated heterocycles. The van der Waals surface area contributed by atoms with Crippen molar-refractivity contribution in [1.29, 1.82) is 0 Å². The van der Waals surface area contributed by atoms with Gasteiger partial charge in [0.15, 0.2) is 0 Å². The summed E-state index contributed by atoms with van der Waals surface area (Å²) in [5.41, 5.74) is 7.09. The number of fused-ring (bicyclic) bond motifs is 1. The molecule has 132 valence electrons. The summed E-state index contributed by atoms with van der Waals surface area (Å²) in [6.45, 7) is 9.04. The van der Waals surface area contributed by atoms with Crippen LogP contribution in [-0.4, -0.2) is 0 Å². The Kier molecular flexibility index (Phi) is 8.33. The van der Waals surface area contributed by atoms with Crippen molar-refractivity contribution in [3.05, 3.63) is 65.2 Å². The minimum atomic E-state index is -0.826. The van der Waals surface area contributed by atoms with Gasteiger partial charge in [0.25, 0.3) is 0 Å². The zero-order chi connectivity index (χ0) is 18.4. The monoisotopic (exact) mass is 449 g/mol. The summed E-state index contributed by atoms with van der Waals surface area (Å²) in [5.74, 6) is 0.538. The molecule has 0 amide bonds. The van der Waals surface area contributed by atoms with E-state index < -0.39 is 20.8 Å². The van der Waals surface area contributed by atoms with E-state index in [4.69, 9.17) is 17.0 Å². The van der Waals surface area contributed by atoms with Crippen molar-refractivity contribution < 1.29 is 20.8 Å². The van der Waals surface area contributed by atoms with Gasteiger partial charge in [0.05, 0.1) is 0 Å². The molecule has 0 spiro atoms. The summed E-state index contributed by atoms with van der Waals surface area (Å²) in [6, 6.07) is 18.2. The summed E-state index contributed by atoms with van der Waals surface area (Å²) in [4.78, 5) is 0. The third kappa shape index (κ3) is 5.03. The van der Waals surface area contributed by atoms with Crippen molar-refractivity contribution in [2.24, 2.45) is 0 Å². The maximum absolute atomic E-state index is 4.93. The first kappa shape index (κ1) is 20.8. The second-order valence-electron chi connectivity index (χ2n) is 6.69. The van der Waals surface area contributed by atoms with Gasteiger partial charge in [0.2, 0.25) is 0 Å². The van der Waals surface area contributed by atoms with E-state index in [1.165, 1.54) is 51.4 Å². The summed E-state index contributed by atoms with van der Waals surface area (Å²) < 4.78 is 0. The summed E-state index contributed by atoms with van der Waals surface area (Å²) in [5, 5.41) is 2.79. The number of hydrogen-bond donors (Lipinski definition) is 0. The molecule has 3 heteroatoms. The molecule has 0 heterocycles. The molecule has 0 aromatic heterocycles. The van der Waals surface area contributed by atoms with Gasteiger partial charge in [-0.05, 0) is 30.4 Å². The van der Waals surface area contributed by atoms with E-state index in [0.29, 0.717) is 5.92 Å². The fourth-order valence-corrected chi connectivity index (χ4v) is 3.47. The normalized spacial score (nSPS) is 10.7. The topological polar surface area (TPSA) is 0 Å². The Bertz CT molecular complexity index is 818. The minimum absolute atomic E-state index is 0.538. The summed E-state index contributed by atoms with van der Waals surface area (Å²) >= 11 is -0.826. The van der Waals surface area contributed by atoms with E-state index in [0.717, 1.165) is 0 Å². The average molecular weight is 452 g/mol. The molecule has 0 aliphatic carbocycles. The number of benzene rings is 2. The number of hydrogen-bond acceptors (Lipinski definition) is 0. The van der Waals surface area contributed by atoms with Gasteiger partial charge in [-0.15, -0.1) is 34.5 Å². The molecule has 25 heavy (non-hydrogen) atoms. The standard InChI is InChI=1S/C22H25.2ClH.Zr/c1-5-8-17-13-18-12-11-16(4)22(21(18)14-17)20-10-7-6-9-19(20)15(2)3;;;/h6-7,9-15H,5,8H2,1-4H3;2*1H;/q-1;;;+2/p-2. The van der Waals surface area contributed by atoms with E-state index in [2.05, 4.69) is 76.2 Å². The molecule has 0 bridgehead atoms. The van der Waals surface area contributed by atoms with Crippen LogP contribution in [0.25, 0.3) is 21.9 Å². The third-order valence-electron chi connectivity index (χ3n) is 4.55.